The maximum atomic E-state index is 12.1. The van der Waals surface area contributed by atoms with Crippen LogP contribution in [-0.4, -0.2) is 49.1 Å². The molecule has 9 heteroatoms. The van der Waals surface area contributed by atoms with E-state index in [9.17, 15) is 9.18 Å². The Hall–Kier alpha value is -2.55. The molecule has 0 atom stereocenters. The van der Waals surface area contributed by atoms with E-state index in [4.69, 9.17) is 21.1 Å². The minimum atomic E-state index is -0.610. The van der Waals surface area contributed by atoms with E-state index in [1.807, 2.05) is 13.0 Å². The van der Waals surface area contributed by atoms with Gasteiger partial charge in [-0.3, -0.25) is 4.39 Å². The number of hydrazine groups is 1. The number of likely N-dealkylation sites (N-methyl/N-ethyl adjacent to an activating group) is 1. The van der Waals surface area contributed by atoms with Crippen LogP contribution in [0.5, 0.6) is 5.75 Å². The van der Waals surface area contributed by atoms with Crippen LogP contribution in [0.3, 0.4) is 0 Å². The summed E-state index contributed by atoms with van der Waals surface area (Å²) in [7, 11) is 1.61. The third-order valence-electron chi connectivity index (χ3n) is 5.07. The highest BCUT2D eigenvalue weighted by Gasteiger charge is 2.18. The molecule has 5 N–H and O–H groups in total. The van der Waals surface area contributed by atoms with Gasteiger partial charge in [0.25, 0.3) is 0 Å². The Morgan fingerprint density at radius 2 is 2.03 bits per heavy atom. The summed E-state index contributed by atoms with van der Waals surface area (Å²) in [5.74, 6) is 6.64. The van der Waals surface area contributed by atoms with Crippen LogP contribution in [0, 0.1) is 6.92 Å². The van der Waals surface area contributed by atoms with E-state index in [1.165, 1.54) is 24.3 Å². The smallest absolute Gasteiger partial charge is 0.407 e. The Bertz CT molecular complexity index is 721. The molecular formula is C21H34FN5O3. The van der Waals surface area contributed by atoms with Crippen molar-refractivity contribution in [1.82, 2.24) is 15.3 Å². The van der Waals surface area contributed by atoms with E-state index in [1.54, 1.807) is 13.1 Å². The summed E-state index contributed by atoms with van der Waals surface area (Å²) in [6.45, 7) is 1.70. The number of ether oxygens (including phenoxy) is 2. The highest BCUT2D eigenvalue weighted by molar-refractivity contribution is 5.68. The molecule has 0 radical (unpaired) electrons. The number of halogens is 1. The Balaban J connectivity index is 2.02. The summed E-state index contributed by atoms with van der Waals surface area (Å²) >= 11 is 0. The highest BCUT2D eigenvalue weighted by atomic mass is 19.1. The zero-order valence-electron chi connectivity index (χ0n) is 18.0. The quantitative estimate of drug-likeness (QED) is 0.301. The van der Waals surface area contributed by atoms with Gasteiger partial charge in [-0.05, 0) is 57.6 Å². The number of nitrogens with one attached hydrogen (secondary N) is 1. The SMILES string of the molecule is Cc1nc(/C(N)=C(\COC(=O)NCCCCF)N(C)N)ccc1OC1CCCCC1. The number of pyridine rings is 1. The number of hydrogen-bond donors (Lipinski definition) is 3. The Labute approximate surface area is 177 Å². The number of unbranched alkanes of at least 4 members (excludes halogenated alkanes) is 1. The lowest BCUT2D eigenvalue weighted by atomic mass is 9.98. The van der Waals surface area contributed by atoms with E-state index in [2.05, 4.69) is 10.3 Å². The van der Waals surface area contributed by atoms with Gasteiger partial charge in [-0.15, -0.1) is 0 Å². The second kappa shape index (κ2) is 12.2. The molecule has 0 aliphatic heterocycles. The van der Waals surface area contributed by atoms with E-state index in [0.717, 1.165) is 24.3 Å². The molecule has 30 heavy (non-hydrogen) atoms. The fraction of sp³-hybridized carbons (Fsp3) is 0.619. The van der Waals surface area contributed by atoms with Crippen LogP contribution >= 0.6 is 0 Å². The fourth-order valence-electron chi connectivity index (χ4n) is 3.30. The summed E-state index contributed by atoms with van der Waals surface area (Å²) in [5, 5.41) is 3.86. The van der Waals surface area contributed by atoms with Crippen LogP contribution in [0.15, 0.2) is 17.8 Å². The summed E-state index contributed by atoms with van der Waals surface area (Å²) in [6, 6.07) is 3.65. The molecule has 2 rings (SSSR count). The summed E-state index contributed by atoms with van der Waals surface area (Å²) in [5.41, 5.74) is 8.28. The zero-order valence-corrected chi connectivity index (χ0v) is 18.0. The molecule has 0 bridgehead atoms. The van der Waals surface area contributed by atoms with Crippen LogP contribution in [0.4, 0.5) is 9.18 Å². The van der Waals surface area contributed by atoms with Crippen molar-refractivity contribution >= 4 is 11.8 Å². The molecule has 0 saturated heterocycles. The summed E-state index contributed by atoms with van der Waals surface area (Å²) in [6.07, 6.45) is 6.37. The lowest BCUT2D eigenvalue weighted by Gasteiger charge is -2.24. The molecule has 1 aliphatic rings. The first kappa shape index (κ1) is 23.7. The van der Waals surface area contributed by atoms with Gasteiger partial charge in [0, 0.05) is 13.6 Å². The number of carbonyl (C=O) groups is 1. The zero-order chi connectivity index (χ0) is 21.9. The topological polar surface area (TPSA) is 116 Å². The first-order valence-electron chi connectivity index (χ1n) is 10.5. The van der Waals surface area contributed by atoms with Crippen molar-refractivity contribution in [1.29, 1.82) is 0 Å². The van der Waals surface area contributed by atoms with Crippen molar-refractivity contribution in [2.75, 3.05) is 26.9 Å². The third-order valence-corrected chi connectivity index (χ3v) is 5.07. The molecule has 1 aliphatic carbocycles. The molecule has 0 aromatic carbocycles. The van der Waals surface area contributed by atoms with Crippen LogP contribution in [-0.2, 0) is 4.74 Å². The molecule has 0 unspecified atom stereocenters. The van der Waals surface area contributed by atoms with Crippen molar-refractivity contribution in [3.8, 4) is 5.75 Å². The normalized spacial score (nSPS) is 15.3. The molecule has 1 aromatic heterocycles. The Kier molecular flexibility index (Phi) is 9.66. The predicted molar refractivity (Wildman–Crippen MR) is 114 cm³/mol. The Morgan fingerprint density at radius 3 is 2.67 bits per heavy atom. The number of aromatic nitrogens is 1. The third kappa shape index (κ3) is 7.37. The number of alkyl carbamates (subject to hydrolysis) is 1. The van der Waals surface area contributed by atoms with Crippen molar-refractivity contribution in [3.05, 3.63) is 29.2 Å². The second-order valence-electron chi connectivity index (χ2n) is 7.53. The van der Waals surface area contributed by atoms with Gasteiger partial charge in [-0.1, -0.05) is 6.42 Å². The van der Waals surface area contributed by atoms with Crippen LogP contribution in [0.25, 0.3) is 5.70 Å². The van der Waals surface area contributed by atoms with Crippen molar-refractivity contribution in [2.24, 2.45) is 11.6 Å². The molecule has 1 fully saturated rings. The number of carbonyl (C=O) groups excluding carboxylic acids is 1. The number of alkyl halides is 1. The van der Waals surface area contributed by atoms with Crippen molar-refractivity contribution in [2.45, 2.75) is 58.0 Å². The molecular weight excluding hydrogens is 389 g/mol. The molecule has 168 valence electrons. The molecule has 1 saturated carbocycles. The van der Waals surface area contributed by atoms with Gasteiger partial charge >= 0.3 is 6.09 Å². The van der Waals surface area contributed by atoms with Gasteiger partial charge in [0.2, 0.25) is 0 Å². The first-order chi connectivity index (χ1) is 14.4. The maximum Gasteiger partial charge on any atom is 0.407 e. The van der Waals surface area contributed by atoms with Gasteiger partial charge in [-0.2, -0.15) is 0 Å². The number of nitrogens with two attached hydrogens (primary N) is 2. The first-order valence-corrected chi connectivity index (χ1v) is 10.5. The lowest BCUT2D eigenvalue weighted by molar-refractivity contribution is 0.147. The van der Waals surface area contributed by atoms with E-state index >= 15 is 0 Å². The van der Waals surface area contributed by atoms with Gasteiger partial charge in [-0.25, -0.2) is 15.6 Å². The maximum absolute atomic E-state index is 12.1. The van der Waals surface area contributed by atoms with E-state index in [0.29, 0.717) is 36.5 Å². The number of rotatable bonds is 10. The lowest BCUT2D eigenvalue weighted by Crippen LogP contribution is -2.33. The van der Waals surface area contributed by atoms with E-state index in [-0.39, 0.29) is 12.7 Å². The van der Waals surface area contributed by atoms with Gasteiger partial charge in [0.05, 0.1) is 35.6 Å². The average molecular weight is 424 g/mol. The average Bonchev–Trinajstić information content (AvgIpc) is 2.73. The van der Waals surface area contributed by atoms with Gasteiger partial charge in [0.1, 0.15) is 12.4 Å². The Morgan fingerprint density at radius 1 is 1.30 bits per heavy atom. The summed E-state index contributed by atoms with van der Waals surface area (Å²) < 4.78 is 23.4. The monoisotopic (exact) mass is 423 g/mol. The molecule has 1 heterocycles. The number of aryl methyl sites for hydroxylation is 1. The van der Waals surface area contributed by atoms with Gasteiger partial charge < -0.3 is 25.5 Å². The van der Waals surface area contributed by atoms with Crippen molar-refractivity contribution < 1.29 is 18.7 Å². The molecule has 1 amide bonds. The highest BCUT2D eigenvalue weighted by Crippen LogP contribution is 2.26. The molecule has 8 nitrogen and oxygen atoms in total. The molecule has 1 aromatic rings. The largest absolute Gasteiger partial charge is 0.489 e. The number of hydrogen-bond acceptors (Lipinski definition) is 7. The minimum absolute atomic E-state index is 0.116. The number of amides is 1. The van der Waals surface area contributed by atoms with Gasteiger partial charge in [0.15, 0.2) is 0 Å². The van der Waals surface area contributed by atoms with Crippen LogP contribution in [0.2, 0.25) is 0 Å². The fourth-order valence-corrected chi connectivity index (χ4v) is 3.30. The van der Waals surface area contributed by atoms with Crippen LogP contribution in [0.1, 0.15) is 56.3 Å². The van der Waals surface area contributed by atoms with E-state index < -0.39 is 12.8 Å². The number of nitrogens with zero attached hydrogens (tertiary/aromatic N) is 2. The van der Waals surface area contributed by atoms with Crippen LogP contribution < -0.4 is 21.6 Å². The standard InChI is InChI=1S/C21H34FN5O3/c1-15-19(30-16-8-4-3-5-9-16)11-10-17(26-15)20(23)18(27(2)24)14-29-21(28)25-13-7-6-12-22/h10-11,16H,3-9,12-14,23-24H2,1-2H3,(H,25,28)/b20-18-. The minimum Gasteiger partial charge on any atom is -0.489 e. The summed E-state index contributed by atoms with van der Waals surface area (Å²) in [4.78, 5) is 16.4. The van der Waals surface area contributed by atoms with Crippen molar-refractivity contribution in [3.63, 3.8) is 0 Å². The molecule has 0 spiro atoms. The predicted octanol–water partition coefficient (Wildman–Crippen LogP) is 3.01. The second-order valence-corrected chi connectivity index (χ2v) is 7.53.